The second-order valence-electron chi connectivity index (χ2n) is 5.62. The van der Waals surface area contributed by atoms with Gasteiger partial charge in [0.05, 0.1) is 11.1 Å². The van der Waals surface area contributed by atoms with Gasteiger partial charge < -0.3 is 15.0 Å². The number of carboxylic acid groups (broad SMARTS) is 1. The highest BCUT2D eigenvalue weighted by Gasteiger charge is 2.43. The molecule has 1 saturated heterocycles. The average Bonchev–Trinajstić information content (AvgIpc) is 3.00. The number of carboxylic acids is 1. The zero-order chi connectivity index (χ0) is 16.6. The number of aryl methyl sites for hydroxylation is 1. The fourth-order valence-corrected chi connectivity index (χ4v) is 4.09. The van der Waals surface area contributed by atoms with Crippen LogP contribution in [0, 0.1) is 0 Å². The number of hydrogen-bond donors (Lipinski definition) is 2. The molecule has 3 rings (SSSR count). The van der Waals surface area contributed by atoms with E-state index < -0.39 is 17.4 Å². The number of aliphatic carboxylic acids is 1. The Balaban J connectivity index is 2.07. The van der Waals surface area contributed by atoms with E-state index in [9.17, 15) is 19.5 Å². The van der Waals surface area contributed by atoms with Gasteiger partial charge >= 0.3 is 5.97 Å². The first-order valence-corrected chi connectivity index (χ1v) is 8.32. The molecule has 1 atom stereocenters. The maximum Gasteiger partial charge on any atom is 0.330 e. The molecule has 1 unspecified atom stereocenters. The molecule has 1 fully saturated rings. The lowest BCUT2D eigenvalue weighted by Crippen LogP contribution is -2.54. The number of amides is 1. The molecule has 0 spiro atoms. The fraction of sp³-hybridized carbons (Fsp3) is 0.312. The lowest BCUT2D eigenvalue weighted by Gasteiger charge is -2.25. The first kappa shape index (κ1) is 15.6. The molecule has 2 N–H and O–H groups in total. The summed E-state index contributed by atoms with van der Waals surface area (Å²) in [5, 5.41) is 12.7. The number of aromatic nitrogens is 1. The molecular weight excluding hydrogens is 316 g/mol. The van der Waals surface area contributed by atoms with Crippen molar-refractivity contribution in [3.05, 3.63) is 46.2 Å². The monoisotopic (exact) mass is 332 g/mol. The number of carbonyl (C=O) groups is 2. The van der Waals surface area contributed by atoms with Crippen molar-refractivity contribution in [2.45, 2.75) is 12.0 Å². The van der Waals surface area contributed by atoms with Crippen LogP contribution in [-0.2, 0) is 11.8 Å². The molecule has 2 aromatic rings. The Kier molecular flexibility index (Phi) is 3.89. The molecule has 2 heterocycles. The average molecular weight is 332 g/mol. The van der Waals surface area contributed by atoms with Crippen LogP contribution in [0.4, 0.5) is 0 Å². The largest absolute Gasteiger partial charge is 0.479 e. The van der Waals surface area contributed by atoms with Crippen molar-refractivity contribution in [1.82, 2.24) is 9.88 Å². The predicted molar refractivity (Wildman–Crippen MR) is 89.0 cm³/mol. The number of para-hydroxylation sites is 1. The summed E-state index contributed by atoms with van der Waals surface area (Å²) in [4.78, 5) is 36.3. The first-order chi connectivity index (χ1) is 10.9. The van der Waals surface area contributed by atoms with Crippen LogP contribution in [0.15, 0.2) is 35.1 Å². The number of fused-ring (bicyclic) bond motifs is 1. The van der Waals surface area contributed by atoms with Gasteiger partial charge in [-0.25, -0.2) is 4.79 Å². The second-order valence-corrected chi connectivity index (χ2v) is 6.72. The standard InChI is InChI=1S/C16H16N2O4S/c1-18-12-5-3-2-4-10(12)11(8-13(18)19)14(20)17-16(15(21)22)6-7-23-9-16/h2-5,8H,6-7,9H2,1H3,(H,17,20)(H,21,22). The highest BCUT2D eigenvalue weighted by atomic mass is 32.2. The van der Waals surface area contributed by atoms with Gasteiger partial charge in [0.2, 0.25) is 0 Å². The highest BCUT2D eigenvalue weighted by molar-refractivity contribution is 7.99. The SMILES string of the molecule is Cn1c(=O)cc(C(=O)NC2(C(=O)O)CCSC2)c2ccccc21. The molecule has 0 bridgehead atoms. The van der Waals surface area contributed by atoms with Gasteiger partial charge in [0, 0.05) is 24.3 Å². The Morgan fingerprint density at radius 1 is 1.35 bits per heavy atom. The van der Waals surface area contributed by atoms with Crippen molar-refractivity contribution < 1.29 is 14.7 Å². The van der Waals surface area contributed by atoms with E-state index in [1.807, 2.05) is 0 Å². The Morgan fingerprint density at radius 3 is 2.74 bits per heavy atom. The summed E-state index contributed by atoms with van der Waals surface area (Å²) in [6.07, 6.45) is 0.377. The molecule has 1 aromatic carbocycles. The number of nitrogens with zero attached hydrogens (tertiary/aromatic N) is 1. The fourth-order valence-electron chi connectivity index (χ4n) is 2.77. The summed E-state index contributed by atoms with van der Waals surface area (Å²) in [6.45, 7) is 0. The maximum atomic E-state index is 12.7. The topological polar surface area (TPSA) is 88.4 Å². The third-order valence-electron chi connectivity index (χ3n) is 4.18. The zero-order valence-corrected chi connectivity index (χ0v) is 13.4. The third-order valence-corrected chi connectivity index (χ3v) is 5.37. The Labute approximate surface area is 136 Å². The molecule has 1 aliphatic heterocycles. The molecule has 7 heteroatoms. The number of hydrogen-bond acceptors (Lipinski definition) is 4. The van der Waals surface area contributed by atoms with Crippen molar-refractivity contribution in [1.29, 1.82) is 0 Å². The van der Waals surface area contributed by atoms with E-state index in [0.717, 1.165) is 0 Å². The van der Waals surface area contributed by atoms with Gasteiger partial charge in [0.25, 0.3) is 11.5 Å². The van der Waals surface area contributed by atoms with Crippen molar-refractivity contribution >= 4 is 34.5 Å². The molecule has 6 nitrogen and oxygen atoms in total. The molecule has 120 valence electrons. The van der Waals surface area contributed by atoms with E-state index in [2.05, 4.69) is 5.32 Å². The van der Waals surface area contributed by atoms with Gasteiger partial charge in [-0.3, -0.25) is 9.59 Å². The maximum absolute atomic E-state index is 12.7. The van der Waals surface area contributed by atoms with E-state index in [0.29, 0.717) is 28.8 Å². The number of thioether (sulfide) groups is 1. The van der Waals surface area contributed by atoms with Crippen LogP contribution in [0.3, 0.4) is 0 Å². The molecule has 0 radical (unpaired) electrons. The molecular formula is C16H16N2O4S. The minimum absolute atomic E-state index is 0.209. The van der Waals surface area contributed by atoms with Crippen LogP contribution in [0.25, 0.3) is 10.9 Å². The van der Waals surface area contributed by atoms with Crippen molar-refractivity contribution in [2.24, 2.45) is 7.05 Å². The van der Waals surface area contributed by atoms with Gasteiger partial charge in [-0.1, -0.05) is 18.2 Å². The predicted octanol–water partition coefficient (Wildman–Crippen LogP) is 1.23. The number of carbonyl (C=O) groups excluding carboxylic acids is 1. The molecule has 23 heavy (non-hydrogen) atoms. The molecule has 0 aliphatic carbocycles. The van der Waals surface area contributed by atoms with Crippen LogP contribution < -0.4 is 10.9 Å². The molecule has 1 aliphatic rings. The Morgan fingerprint density at radius 2 is 2.09 bits per heavy atom. The van der Waals surface area contributed by atoms with Gasteiger partial charge in [-0.2, -0.15) is 11.8 Å². The Hall–Kier alpha value is -2.28. The summed E-state index contributed by atoms with van der Waals surface area (Å²) in [5.41, 5.74) is -0.722. The van der Waals surface area contributed by atoms with E-state index >= 15 is 0 Å². The molecule has 1 amide bonds. The van der Waals surface area contributed by atoms with E-state index in [-0.39, 0.29) is 11.1 Å². The van der Waals surface area contributed by atoms with Crippen LogP contribution in [0.2, 0.25) is 0 Å². The number of nitrogens with one attached hydrogen (secondary N) is 1. The summed E-state index contributed by atoms with van der Waals surface area (Å²) >= 11 is 1.49. The summed E-state index contributed by atoms with van der Waals surface area (Å²) in [6, 6.07) is 8.33. The van der Waals surface area contributed by atoms with Gasteiger partial charge in [0.15, 0.2) is 0 Å². The zero-order valence-electron chi connectivity index (χ0n) is 12.5. The number of pyridine rings is 1. The van der Waals surface area contributed by atoms with Gasteiger partial charge in [0.1, 0.15) is 5.54 Å². The minimum atomic E-state index is -1.26. The number of rotatable bonds is 3. The summed E-state index contributed by atoms with van der Waals surface area (Å²) < 4.78 is 1.46. The van der Waals surface area contributed by atoms with E-state index in [4.69, 9.17) is 0 Å². The van der Waals surface area contributed by atoms with Crippen molar-refractivity contribution in [3.8, 4) is 0 Å². The molecule has 1 aromatic heterocycles. The molecule has 0 saturated carbocycles. The first-order valence-electron chi connectivity index (χ1n) is 7.17. The minimum Gasteiger partial charge on any atom is -0.479 e. The lowest BCUT2D eigenvalue weighted by molar-refractivity contribution is -0.143. The van der Waals surface area contributed by atoms with Crippen LogP contribution in [-0.4, -0.2) is 38.6 Å². The quantitative estimate of drug-likeness (QED) is 0.882. The van der Waals surface area contributed by atoms with Crippen molar-refractivity contribution in [3.63, 3.8) is 0 Å². The number of benzene rings is 1. The van der Waals surface area contributed by atoms with E-state index in [1.165, 1.54) is 22.4 Å². The lowest BCUT2D eigenvalue weighted by atomic mass is 9.98. The van der Waals surface area contributed by atoms with Crippen LogP contribution in [0.5, 0.6) is 0 Å². The van der Waals surface area contributed by atoms with Crippen LogP contribution >= 0.6 is 11.8 Å². The van der Waals surface area contributed by atoms with Gasteiger partial charge in [-0.15, -0.1) is 0 Å². The highest BCUT2D eigenvalue weighted by Crippen LogP contribution is 2.29. The second kappa shape index (κ2) is 5.73. The summed E-state index contributed by atoms with van der Waals surface area (Å²) in [7, 11) is 1.64. The van der Waals surface area contributed by atoms with Gasteiger partial charge in [-0.05, 0) is 18.2 Å². The smallest absolute Gasteiger partial charge is 0.330 e. The van der Waals surface area contributed by atoms with Crippen LogP contribution in [0.1, 0.15) is 16.8 Å². The van der Waals surface area contributed by atoms with E-state index in [1.54, 1.807) is 31.3 Å². The Bertz CT molecular complexity index is 853. The normalized spacial score (nSPS) is 20.6. The summed E-state index contributed by atoms with van der Waals surface area (Å²) in [5.74, 6) is -0.548. The third kappa shape index (κ3) is 2.61. The van der Waals surface area contributed by atoms with Crippen molar-refractivity contribution in [2.75, 3.05) is 11.5 Å².